The standard InChI is InChI=1S/C19H21N3O/c1-13-14-7-4-5-10-17(14)21-18-15(13)8-6-9-16(18)19(23)20-11-12-22(2)3/h4-10H,11-12H2,1-3H3,(H,20,23). The van der Waals surface area contributed by atoms with Crippen molar-refractivity contribution in [1.82, 2.24) is 15.2 Å². The van der Waals surface area contributed by atoms with Gasteiger partial charge in [0.1, 0.15) is 0 Å². The van der Waals surface area contributed by atoms with Gasteiger partial charge in [-0.15, -0.1) is 0 Å². The summed E-state index contributed by atoms with van der Waals surface area (Å²) in [6.45, 7) is 3.51. The average Bonchev–Trinajstić information content (AvgIpc) is 2.54. The predicted octanol–water partition coefficient (Wildman–Crippen LogP) is 2.99. The Kier molecular flexibility index (Phi) is 4.26. The Morgan fingerprint density at radius 1 is 1.09 bits per heavy atom. The fourth-order valence-corrected chi connectivity index (χ4v) is 2.79. The predicted molar refractivity (Wildman–Crippen MR) is 94.9 cm³/mol. The maximum absolute atomic E-state index is 12.5. The molecule has 4 nitrogen and oxygen atoms in total. The molecule has 1 amide bonds. The van der Waals surface area contributed by atoms with Gasteiger partial charge in [0, 0.05) is 23.9 Å². The minimum atomic E-state index is -0.0698. The van der Waals surface area contributed by atoms with E-state index in [9.17, 15) is 4.79 Å². The van der Waals surface area contributed by atoms with Crippen molar-refractivity contribution in [2.45, 2.75) is 6.92 Å². The molecule has 0 unspecified atom stereocenters. The van der Waals surface area contributed by atoms with Crippen LogP contribution in [-0.4, -0.2) is 43.0 Å². The van der Waals surface area contributed by atoms with E-state index >= 15 is 0 Å². The van der Waals surface area contributed by atoms with Gasteiger partial charge in [-0.2, -0.15) is 0 Å². The Balaban J connectivity index is 2.06. The zero-order valence-electron chi connectivity index (χ0n) is 13.8. The van der Waals surface area contributed by atoms with Gasteiger partial charge in [0.15, 0.2) is 0 Å². The van der Waals surface area contributed by atoms with Crippen LogP contribution < -0.4 is 5.32 Å². The highest BCUT2D eigenvalue weighted by Crippen LogP contribution is 2.27. The summed E-state index contributed by atoms with van der Waals surface area (Å²) in [4.78, 5) is 19.3. The number of carbonyl (C=O) groups is 1. The van der Waals surface area contributed by atoms with E-state index in [0.717, 1.165) is 33.9 Å². The lowest BCUT2D eigenvalue weighted by atomic mass is 10.0. The minimum absolute atomic E-state index is 0.0698. The van der Waals surface area contributed by atoms with Crippen LogP contribution in [-0.2, 0) is 0 Å². The highest BCUT2D eigenvalue weighted by atomic mass is 16.1. The van der Waals surface area contributed by atoms with Crippen LogP contribution in [0.15, 0.2) is 42.5 Å². The lowest BCUT2D eigenvalue weighted by Crippen LogP contribution is -2.31. The lowest BCUT2D eigenvalue weighted by Gasteiger charge is -2.13. The monoisotopic (exact) mass is 307 g/mol. The van der Waals surface area contributed by atoms with Crippen LogP contribution in [0.4, 0.5) is 0 Å². The van der Waals surface area contributed by atoms with Crippen LogP contribution in [0.2, 0.25) is 0 Å². The second-order valence-electron chi connectivity index (χ2n) is 6.01. The number of amides is 1. The molecule has 2 aromatic carbocycles. The van der Waals surface area contributed by atoms with Crippen molar-refractivity contribution in [1.29, 1.82) is 0 Å². The summed E-state index contributed by atoms with van der Waals surface area (Å²) in [5.74, 6) is -0.0698. The van der Waals surface area contributed by atoms with Crippen LogP contribution in [0, 0.1) is 6.92 Å². The van der Waals surface area contributed by atoms with Gasteiger partial charge >= 0.3 is 0 Å². The molecule has 0 saturated heterocycles. The summed E-state index contributed by atoms with van der Waals surface area (Å²) in [5.41, 5.74) is 3.49. The van der Waals surface area contributed by atoms with Crippen molar-refractivity contribution in [2.75, 3.05) is 27.2 Å². The van der Waals surface area contributed by atoms with Crippen molar-refractivity contribution in [3.63, 3.8) is 0 Å². The normalized spacial score (nSPS) is 11.3. The number of aryl methyl sites for hydroxylation is 1. The number of rotatable bonds is 4. The van der Waals surface area contributed by atoms with Gasteiger partial charge in [-0.3, -0.25) is 4.79 Å². The number of hydrogen-bond donors (Lipinski definition) is 1. The Labute approximate surface area is 136 Å². The molecule has 0 bridgehead atoms. The topological polar surface area (TPSA) is 45.2 Å². The maximum Gasteiger partial charge on any atom is 0.253 e. The lowest BCUT2D eigenvalue weighted by molar-refractivity contribution is 0.0952. The summed E-state index contributed by atoms with van der Waals surface area (Å²) in [7, 11) is 3.97. The first kappa shape index (κ1) is 15.4. The molecule has 0 aliphatic rings. The molecular formula is C19H21N3O. The van der Waals surface area contributed by atoms with E-state index in [1.165, 1.54) is 0 Å². The van der Waals surface area contributed by atoms with Crippen molar-refractivity contribution in [2.24, 2.45) is 0 Å². The largest absolute Gasteiger partial charge is 0.351 e. The fourth-order valence-electron chi connectivity index (χ4n) is 2.79. The maximum atomic E-state index is 12.5. The molecule has 0 aliphatic carbocycles. The molecule has 118 valence electrons. The molecule has 0 aliphatic heterocycles. The number of para-hydroxylation sites is 2. The molecule has 0 spiro atoms. The molecule has 1 heterocycles. The van der Waals surface area contributed by atoms with E-state index in [1.54, 1.807) is 0 Å². The number of nitrogens with one attached hydrogen (secondary N) is 1. The Hall–Kier alpha value is -2.46. The number of carbonyl (C=O) groups excluding carboxylic acids is 1. The van der Waals surface area contributed by atoms with Crippen molar-refractivity contribution in [3.8, 4) is 0 Å². The summed E-state index contributed by atoms with van der Waals surface area (Å²) < 4.78 is 0. The zero-order valence-corrected chi connectivity index (χ0v) is 13.8. The zero-order chi connectivity index (χ0) is 16.4. The SMILES string of the molecule is Cc1c2ccccc2nc2c(C(=O)NCCN(C)C)cccc12. The highest BCUT2D eigenvalue weighted by molar-refractivity contribution is 6.09. The third-order valence-corrected chi connectivity index (χ3v) is 4.07. The number of likely N-dealkylation sites (N-methyl/N-ethyl adjacent to an activating group) is 1. The minimum Gasteiger partial charge on any atom is -0.351 e. The van der Waals surface area contributed by atoms with E-state index in [2.05, 4.69) is 18.3 Å². The molecule has 4 heteroatoms. The van der Waals surface area contributed by atoms with Crippen LogP contribution in [0.25, 0.3) is 21.8 Å². The van der Waals surface area contributed by atoms with Gasteiger partial charge in [0.05, 0.1) is 16.6 Å². The van der Waals surface area contributed by atoms with E-state index in [4.69, 9.17) is 4.98 Å². The van der Waals surface area contributed by atoms with E-state index in [-0.39, 0.29) is 5.91 Å². The molecule has 0 fully saturated rings. The molecule has 1 N–H and O–H groups in total. The number of pyridine rings is 1. The molecule has 3 rings (SSSR count). The van der Waals surface area contributed by atoms with Gasteiger partial charge in [-0.25, -0.2) is 4.98 Å². The first-order valence-electron chi connectivity index (χ1n) is 7.79. The summed E-state index contributed by atoms with van der Waals surface area (Å²) in [5, 5.41) is 5.13. The third kappa shape index (κ3) is 3.03. The van der Waals surface area contributed by atoms with Crippen molar-refractivity contribution >= 4 is 27.7 Å². The Morgan fingerprint density at radius 2 is 1.83 bits per heavy atom. The number of aromatic nitrogens is 1. The molecular weight excluding hydrogens is 286 g/mol. The molecule has 0 radical (unpaired) electrons. The molecule has 0 atom stereocenters. The van der Waals surface area contributed by atoms with Crippen LogP contribution in [0.5, 0.6) is 0 Å². The number of benzene rings is 2. The second kappa shape index (κ2) is 6.34. The van der Waals surface area contributed by atoms with Crippen LogP contribution >= 0.6 is 0 Å². The number of fused-ring (bicyclic) bond motifs is 2. The van der Waals surface area contributed by atoms with E-state index in [1.807, 2.05) is 55.4 Å². The smallest absolute Gasteiger partial charge is 0.253 e. The van der Waals surface area contributed by atoms with Gasteiger partial charge in [-0.05, 0) is 38.7 Å². The van der Waals surface area contributed by atoms with Crippen molar-refractivity contribution < 1.29 is 4.79 Å². The molecule has 23 heavy (non-hydrogen) atoms. The van der Waals surface area contributed by atoms with Crippen molar-refractivity contribution in [3.05, 3.63) is 53.6 Å². The summed E-state index contributed by atoms with van der Waals surface area (Å²) in [6, 6.07) is 13.8. The quantitative estimate of drug-likeness (QED) is 0.754. The Morgan fingerprint density at radius 3 is 2.61 bits per heavy atom. The van der Waals surface area contributed by atoms with E-state index < -0.39 is 0 Å². The van der Waals surface area contributed by atoms with Gasteiger partial charge in [-0.1, -0.05) is 30.3 Å². The van der Waals surface area contributed by atoms with Gasteiger partial charge in [0.25, 0.3) is 5.91 Å². The Bertz CT molecular complexity index is 871. The fraction of sp³-hybridized carbons (Fsp3) is 0.263. The third-order valence-electron chi connectivity index (χ3n) is 4.07. The highest BCUT2D eigenvalue weighted by Gasteiger charge is 2.13. The van der Waals surface area contributed by atoms with Gasteiger partial charge in [0.2, 0.25) is 0 Å². The molecule has 3 aromatic rings. The first-order chi connectivity index (χ1) is 11.1. The van der Waals surface area contributed by atoms with Crippen LogP contribution in [0.1, 0.15) is 15.9 Å². The first-order valence-corrected chi connectivity index (χ1v) is 7.79. The van der Waals surface area contributed by atoms with Gasteiger partial charge < -0.3 is 10.2 Å². The molecule has 0 saturated carbocycles. The van der Waals surface area contributed by atoms with E-state index in [0.29, 0.717) is 12.1 Å². The van der Waals surface area contributed by atoms with Crippen LogP contribution in [0.3, 0.4) is 0 Å². The number of hydrogen-bond acceptors (Lipinski definition) is 3. The second-order valence-corrected chi connectivity index (χ2v) is 6.01. The number of nitrogens with zero attached hydrogens (tertiary/aromatic N) is 2. The molecule has 1 aromatic heterocycles. The average molecular weight is 307 g/mol. The summed E-state index contributed by atoms with van der Waals surface area (Å²) >= 11 is 0. The summed E-state index contributed by atoms with van der Waals surface area (Å²) in [6.07, 6.45) is 0.